The van der Waals surface area contributed by atoms with Crippen LogP contribution in [0.5, 0.6) is 0 Å². The van der Waals surface area contributed by atoms with Gasteiger partial charge in [0.05, 0.1) is 13.0 Å². The molecule has 3 aliphatic rings. The Morgan fingerprint density at radius 1 is 1.33 bits per heavy atom. The maximum Gasteiger partial charge on any atom is 0.443 e. The standard InChI is InChI=1S/C12H12F4O4S/c1-19-10(18)11(13,12(14,15)16)21-8-4-2-5-6(3-4)9(17)20-7(5)8/h4-8H,2-3H2,1H3. The molecule has 118 valence electrons. The predicted molar refractivity (Wildman–Crippen MR) is 62.9 cm³/mol. The summed E-state index contributed by atoms with van der Waals surface area (Å²) in [6.45, 7) is 0. The molecule has 2 aliphatic carbocycles. The zero-order valence-electron chi connectivity index (χ0n) is 10.9. The molecule has 0 radical (unpaired) electrons. The summed E-state index contributed by atoms with van der Waals surface area (Å²) in [5.41, 5.74) is 0. The molecule has 0 N–H and O–H groups in total. The van der Waals surface area contributed by atoms with Crippen LogP contribution >= 0.6 is 11.8 Å². The van der Waals surface area contributed by atoms with Crippen molar-refractivity contribution in [2.75, 3.05) is 7.11 Å². The van der Waals surface area contributed by atoms with E-state index in [2.05, 4.69) is 4.74 Å². The molecule has 0 amide bonds. The van der Waals surface area contributed by atoms with Crippen LogP contribution in [-0.2, 0) is 19.1 Å². The zero-order chi connectivity index (χ0) is 15.6. The minimum atomic E-state index is -5.39. The van der Waals surface area contributed by atoms with Crippen LogP contribution in [0.15, 0.2) is 0 Å². The summed E-state index contributed by atoms with van der Waals surface area (Å²) in [6.07, 6.45) is -5.21. The van der Waals surface area contributed by atoms with Crippen molar-refractivity contribution in [2.24, 2.45) is 17.8 Å². The molecule has 3 rings (SSSR count). The first-order chi connectivity index (χ1) is 9.69. The molecule has 0 spiro atoms. The Morgan fingerprint density at radius 3 is 2.57 bits per heavy atom. The molecule has 3 fully saturated rings. The minimum absolute atomic E-state index is 0.125. The predicted octanol–water partition coefficient (Wildman–Crippen LogP) is 2.07. The number of esters is 2. The Bertz CT molecular complexity index is 496. The van der Waals surface area contributed by atoms with Crippen LogP contribution in [0.2, 0.25) is 0 Å². The molecule has 1 heterocycles. The second-order valence-electron chi connectivity index (χ2n) is 5.57. The van der Waals surface area contributed by atoms with Crippen LogP contribution in [-0.4, -0.2) is 41.6 Å². The van der Waals surface area contributed by atoms with E-state index < -0.39 is 34.5 Å². The lowest BCUT2D eigenvalue weighted by Crippen LogP contribution is -2.49. The van der Waals surface area contributed by atoms with Gasteiger partial charge < -0.3 is 9.47 Å². The average Bonchev–Trinajstić information content (AvgIpc) is 3.00. The van der Waals surface area contributed by atoms with Crippen molar-refractivity contribution in [2.45, 2.75) is 35.4 Å². The number of rotatable bonds is 3. The summed E-state index contributed by atoms with van der Waals surface area (Å²) < 4.78 is 62.2. The first kappa shape index (κ1) is 14.9. The van der Waals surface area contributed by atoms with E-state index in [0.29, 0.717) is 20.0 Å². The molecule has 0 aromatic rings. The maximum absolute atomic E-state index is 14.3. The zero-order valence-corrected chi connectivity index (χ0v) is 11.7. The Labute approximate surface area is 121 Å². The van der Waals surface area contributed by atoms with Crippen LogP contribution in [0.1, 0.15) is 12.8 Å². The first-order valence-electron chi connectivity index (χ1n) is 6.41. The quantitative estimate of drug-likeness (QED) is 0.586. The lowest BCUT2D eigenvalue weighted by Gasteiger charge is -2.32. The number of hydrogen-bond donors (Lipinski definition) is 0. The Kier molecular flexibility index (Phi) is 3.20. The van der Waals surface area contributed by atoms with Gasteiger partial charge in [0.1, 0.15) is 6.10 Å². The number of carbonyl (C=O) groups excluding carboxylic acids is 2. The molecule has 0 aromatic heterocycles. The van der Waals surface area contributed by atoms with Crippen LogP contribution in [0.3, 0.4) is 0 Å². The number of alkyl halides is 4. The first-order valence-corrected chi connectivity index (χ1v) is 7.29. The third-order valence-corrected chi connectivity index (χ3v) is 6.17. The van der Waals surface area contributed by atoms with Gasteiger partial charge in [0.15, 0.2) is 0 Å². The van der Waals surface area contributed by atoms with Crippen molar-refractivity contribution in [3.05, 3.63) is 0 Å². The molecule has 2 saturated carbocycles. The fourth-order valence-corrected chi connectivity index (χ4v) is 5.11. The summed E-state index contributed by atoms with van der Waals surface area (Å²) in [5, 5.41) is -5.01. The SMILES string of the molecule is COC(=O)C(F)(SC1C2CC3C(=O)OC1C3C2)C(F)(F)F. The fourth-order valence-electron chi connectivity index (χ4n) is 3.61. The molecular formula is C12H12F4O4S. The van der Waals surface area contributed by atoms with Gasteiger partial charge in [0, 0.05) is 11.2 Å². The number of carbonyl (C=O) groups is 2. The summed E-state index contributed by atoms with van der Waals surface area (Å²) >= 11 is -0.125. The maximum atomic E-state index is 14.3. The lowest BCUT2D eigenvalue weighted by atomic mass is 9.89. The summed E-state index contributed by atoms with van der Waals surface area (Å²) in [7, 11) is 0.704. The number of hydrogen-bond acceptors (Lipinski definition) is 5. The van der Waals surface area contributed by atoms with E-state index in [9.17, 15) is 27.2 Å². The van der Waals surface area contributed by atoms with E-state index in [1.807, 2.05) is 0 Å². The Hall–Kier alpha value is -0.990. The lowest BCUT2D eigenvalue weighted by molar-refractivity contribution is -0.210. The van der Waals surface area contributed by atoms with Gasteiger partial charge in [-0.15, -0.1) is 0 Å². The Morgan fingerprint density at radius 2 is 2.00 bits per heavy atom. The molecule has 6 atom stereocenters. The molecule has 0 aromatic carbocycles. The summed E-state index contributed by atoms with van der Waals surface area (Å²) in [4.78, 5) is 22.9. The summed E-state index contributed by atoms with van der Waals surface area (Å²) in [6, 6.07) is 0. The average molecular weight is 328 g/mol. The van der Waals surface area contributed by atoms with Crippen LogP contribution in [0.4, 0.5) is 17.6 Å². The van der Waals surface area contributed by atoms with Crippen molar-refractivity contribution in [3.8, 4) is 0 Å². The molecule has 2 bridgehead atoms. The molecule has 21 heavy (non-hydrogen) atoms. The van der Waals surface area contributed by atoms with E-state index >= 15 is 0 Å². The smallest absolute Gasteiger partial charge is 0.443 e. The number of methoxy groups -OCH3 is 1. The van der Waals surface area contributed by atoms with Crippen molar-refractivity contribution in [3.63, 3.8) is 0 Å². The van der Waals surface area contributed by atoms with Crippen molar-refractivity contribution >= 4 is 23.7 Å². The highest BCUT2D eigenvalue weighted by molar-refractivity contribution is 8.02. The van der Waals surface area contributed by atoms with Crippen molar-refractivity contribution < 1.29 is 36.6 Å². The highest BCUT2D eigenvalue weighted by atomic mass is 32.2. The van der Waals surface area contributed by atoms with Gasteiger partial charge in [-0.05, 0) is 18.8 Å². The van der Waals surface area contributed by atoms with Gasteiger partial charge in [0.2, 0.25) is 0 Å². The minimum Gasteiger partial charge on any atom is -0.466 e. The number of halogens is 4. The third-order valence-electron chi connectivity index (χ3n) is 4.52. The third kappa shape index (κ3) is 1.96. The van der Waals surface area contributed by atoms with Gasteiger partial charge >= 0.3 is 23.1 Å². The van der Waals surface area contributed by atoms with Crippen molar-refractivity contribution in [1.29, 1.82) is 0 Å². The monoisotopic (exact) mass is 328 g/mol. The van der Waals surface area contributed by atoms with Gasteiger partial charge in [-0.2, -0.15) is 13.2 Å². The van der Waals surface area contributed by atoms with Gasteiger partial charge in [-0.1, -0.05) is 11.8 Å². The second-order valence-corrected chi connectivity index (χ2v) is 6.91. The van der Waals surface area contributed by atoms with E-state index in [-0.39, 0.29) is 29.5 Å². The van der Waals surface area contributed by atoms with Gasteiger partial charge in [-0.3, -0.25) is 4.79 Å². The largest absolute Gasteiger partial charge is 0.466 e. The molecule has 4 nitrogen and oxygen atoms in total. The summed E-state index contributed by atoms with van der Waals surface area (Å²) in [5.74, 6) is -3.10. The molecule has 6 unspecified atom stereocenters. The van der Waals surface area contributed by atoms with E-state index in [4.69, 9.17) is 4.74 Å². The van der Waals surface area contributed by atoms with Gasteiger partial charge in [-0.25, -0.2) is 9.18 Å². The number of fused-ring (bicyclic) bond motifs is 1. The molecular weight excluding hydrogens is 316 g/mol. The topological polar surface area (TPSA) is 52.6 Å². The number of thioether (sulfide) groups is 1. The molecule has 9 heteroatoms. The highest BCUT2D eigenvalue weighted by Crippen LogP contribution is 2.61. The number of ether oxygens (including phenoxy) is 2. The molecule has 1 aliphatic heterocycles. The highest BCUT2D eigenvalue weighted by Gasteiger charge is 2.70. The van der Waals surface area contributed by atoms with Gasteiger partial charge in [0.25, 0.3) is 0 Å². The van der Waals surface area contributed by atoms with Crippen LogP contribution in [0.25, 0.3) is 0 Å². The van der Waals surface area contributed by atoms with Crippen molar-refractivity contribution in [1.82, 2.24) is 0 Å². The fraction of sp³-hybridized carbons (Fsp3) is 0.833. The van der Waals surface area contributed by atoms with E-state index in [0.717, 1.165) is 0 Å². The Balaban J connectivity index is 1.85. The second kappa shape index (κ2) is 4.50. The normalized spacial score (nSPS) is 40.0. The molecule has 1 saturated heterocycles. The van der Waals surface area contributed by atoms with E-state index in [1.165, 1.54) is 0 Å². The van der Waals surface area contributed by atoms with Crippen LogP contribution in [0, 0.1) is 17.8 Å². The van der Waals surface area contributed by atoms with Crippen LogP contribution < -0.4 is 0 Å². The van der Waals surface area contributed by atoms with E-state index in [1.54, 1.807) is 0 Å².